The van der Waals surface area contributed by atoms with E-state index in [1.54, 1.807) is 24.6 Å². The molecule has 0 saturated carbocycles. The van der Waals surface area contributed by atoms with Crippen molar-refractivity contribution in [2.24, 2.45) is 0 Å². The van der Waals surface area contributed by atoms with Crippen molar-refractivity contribution in [2.45, 2.75) is 32.3 Å². The summed E-state index contributed by atoms with van der Waals surface area (Å²) in [6.07, 6.45) is 10.3. The average Bonchev–Trinajstić information content (AvgIpc) is 2.35. The zero-order valence-corrected chi connectivity index (χ0v) is 9.80. The summed E-state index contributed by atoms with van der Waals surface area (Å²) >= 11 is 0. The third kappa shape index (κ3) is 4.30. The molecule has 1 rings (SSSR count). The van der Waals surface area contributed by atoms with Crippen LogP contribution in [0.3, 0.4) is 0 Å². The smallest absolute Gasteiger partial charge is 0.140 e. The minimum absolute atomic E-state index is 0.0531. The fraction of sp³-hybridized carbons (Fsp3) is 0.357. The van der Waals surface area contributed by atoms with E-state index in [1.807, 2.05) is 18.2 Å². The van der Waals surface area contributed by atoms with Crippen molar-refractivity contribution in [3.05, 3.63) is 55.1 Å². The number of rotatable bonds is 7. The van der Waals surface area contributed by atoms with E-state index < -0.39 is 0 Å². The fourth-order valence-corrected chi connectivity index (χ4v) is 1.44. The largest absolute Gasteiger partial charge is 0.492 e. The molecule has 0 spiro atoms. The van der Waals surface area contributed by atoms with E-state index >= 15 is 0 Å². The second kappa shape index (κ2) is 7.69. The summed E-state index contributed by atoms with van der Waals surface area (Å²) in [5.41, 5.74) is 0.990. The van der Waals surface area contributed by atoms with Crippen LogP contribution in [0.15, 0.2) is 49.4 Å². The van der Waals surface area contributed by atoms with Crippen LogP contribution in [-0.2, 0) is 4.74 Å². The molecule has 0 aliphatic heterocycles. The molecule has 0 bridgehead atoms. The molecular formula is C14H19NO. The molecule has 1 atom stereocenters. The van der Waals surface area contributed by atoms with Crippen molar-refractivity contribution in [1.29, 1.82) is 0 Å². The van der Waals surface area contributed by atoms with Gasteiger partial charge in [-0.15, -0.1) is 0 Å². The summed E-state index contributed by atoms with van der Waals surface area (Å²) in [7, 11) is 0. The molecule has 0 aliphatic rings. The van der Waals surface area contributed by atoms with Crippen molar-refractivity contribution in [3.8, 4) is 0 Å². The second-order valence-electron chi connectivity index (χ2n) is 3.59. The Balaban J connectivity index is 2.63. The summed E-state index contributed by atoms with van der Waals surface area (Å²) in [5.74, 6) is 0. The summed E-state index contributed by atoms with van der Waals surface area (Å²) in [6.45, 7) is 5.79. The predicted octanol–water partition coefficient (Wildman–Crippen LogP) is 4.03. The van der Waals surface area contributed by atoms with Gasteiger partial charge in [-0.1, -0.05) is 32.1 Å². The molecule has 86 valence electrons. The number of hydrogen-bond acceptors (Lipinski definition) is 2. The molecule has 0 aromatic carbocycles. The van der Waals surface area contributed by atoms with Gasteiger partial charge in [0.15, 0.2) is 0 Å². The van der Waals surface area contributed by atoms with Crippen molar-refractivity contribution in [3.63, 3.8) is 0 Å². The number of unbranched alkanes of at least 4 members (excludes halogenated alkanes) is 1. The maximum atomic E-state index is 5.66. The third-order valence-corrected chi connectivity index (χ3v) is 2.30. The molecule has 0 aliphatic carbocycles. The van der Waals surface area contributed by atoms with Crippen molar-refractivity contribution < 1.29 is 4.74 Å². The lowest BCUT2D eigenvalue weighted by Crippen LogP contribution is -2.02. The van der Waals surface area contributed by atoms with Gasteiger partial charge >= 0.3 is 0 Å². The zero-order chi connectivity index (χ0) is 11.6. The molecule has 0 amide bonds. The van der Waals surface area contributed by atoms with Crippen molar-refractivity contribution in [1.82, 2.24) is 4.98 Å². The highest BCUT2D eigenvalue weighted by Crippen LogP contribution is 2.21. The van der Waals surface area contributed by atoms with Crippen LogP contribution >= 0.6 is 0 Å². The van der Waals surface area contributed by atoms with E-state index in [1.165, 1.54) is 0 Å². The number of pyridine rings is 1. The molecule has 0 saturated heterocycles. The van der Waals surface area contributed by atoms with E-state index in [9.17, 15) is 0 Å². The fourth-order valence-electron chi connectivity index (χ4n) is 1.44. The van der Waals surface area contributed by atoms with Gasteiger partial charge in [-0.3, -0.25) is 4.98 Å². The molecule has 1 aromatic heterocycles. The molecule has 1 aromatic rings. The monoisotopic (exact) mass is 217 g/mol. The first kappa shape index (κ1) is 12.5. The van der Waals surface area contributed by atoms with Crippen LogP contribution in [0.25, 0.3) is 0 Å². The highest BCUT2D eigenvalue weighted by molar-refractivity contribution is 5.07. The Kier molecular flexibility index (Phi) is 6.00. The van der Waals surface area contributed by atoms with E-state index in [-0.39, 0.29) is 6.10 Å². The molecule has 16 heavy (non-hydrogen) atoms. The van der Waals surface area contributed by atoms with Crippen LogP contribution in [0.4, 0.5) is 0 Å². The first-order chi connectivity index (χ1) is 7.88. The molecule has 1 unspecified atom stereocenters. The predicted molar refractivity (Wildman–Crippen MR) is 66.9 cm³/mol. The van der Waals surface area contributed by atoms with Gasteiger partial charge in [0.2, 0.25) is 0 Å². The average molecular weight is 217 g/mol. The van der Waals surface area contributed by atoms with Crippen LogP contribution in [0, 0.1) is 0 Å². The van der Waals surface area contributed by atoms with Crippen LogP contribution in [-0.4, -0.2) is 4.98 Å². The first-order valence-electron chi connectivity index (χ1n) is 5.72. The molecule has 2 nitrogen and oxygen atoms in total. The summed E-state index contributed by atoms with van der Waals surface area (Å²) in [4.78, 5) is 4.33. The lowest BCUT2D eigenvalue weighted by atomic mass is 10.1. The van der Waals surface area contributed by atoms with Crippen molar-refractivity contribution in [2.75, 3.05) is 0 Å². The lowest BCUT2D eigenvalue weighted by Gasteiger charge is -2.15. The Morgan fingerprint density at radius 2 is 2.38 bits per heavy atom. The number of ether oxygens (including phenoxy) is 1. The number of hydrogen-bond donors (Lipinski definition) is 0. The Morgan fingerprint density at radius 1 is 1.50 bits per heavy atom. The molecule has 0 radical (unpaired) electrons. The van der Waals surface area contributed by atoms with E-state index in [0.717, 1.165) is 25.0 Å². The number of allylic oxidation sites excluding steroid dienone is 2. The lowest BCUT2D eigenvalue weighted by molar-refractivity contribution is 0.130. The second-order valence-corrected chi connectivity index (χ2v) is 3.59. The maximum Gasteiger partial charge on any atom is 0.140 e. The van der Waals surface area contributed by atoms with Crippen LogP contribution in [0.2, 0.25) is 0 Å². The van der Waals surface area contributed by atoms with Gasteiger partial charge in [0.1, 0.15) is 6.10 Å². The van der Waals surface area contributed by atoms with E-state index in [2.05, 4.69) is 18.5 Å². The van der Waals surface area contributed by atoms with Crippen LogP contribution in [0.5, 0.6) is 0 Å². The Hall–Kier alpha value is -1.57. The van der Waals surface area contributed by atoms with E-state index in [0.29, 0.717) is 0 Å². The Bertz CT molecular complexity index is 319. The Morgan fingerprint density at radius 3 is 3.00 bits per heavy atom. The summed E-state index contributed by atoms with van der Waals surface area (Å²) in [6, 6.07) is 5.91. The highest BCUT2D eigenvalue weighted by atomic mass is 16.5. The molecule has 0 N–H and O–H groups in total. The number of aromatic nitrogens is 1. The SMILES string of the molecule is C=CC=COC(CCCC)c1ccccn1. The van der Waals surface area contributed by atoms with Gasteiger partial charge in [0.05, 0.1) is 12.0 Å². The minimum atomic E-state index is 0.0531. The normalized spacial score (nSPS) is 12.6. The molecule has 1 heterocycles. The van der Waals surface area contributed by atoms with Gasteiger partial charge < -0.3 is 4.74 Å². The zero-order valence-electron chi connectivity index (χ0n) is 9.80. The van der Waals surface area contributed by atoms with Gasteiger partial charge in [-0.2, -0.15) is 0 Å². The molecular weight excluding hydrogens is 198 g/mol. The maximum absolute atomic E-state index is 5.66. The standard InChI is InChI=1S/C14H19NO/c1-3-5-10-14(16-12-6-4-2)13-9-7-8-11-15-13/h4,6-9,11-12,14H,2-3,5,10H2,1H3. The van der Waals surface area contributed by atoms with Crippen LogP contribution in [0.1, 0.15) is 38.0 Å². The van der Waals surface area contributed by atoms with E-state index in [4.69, 9.17) is 4.74 Å². The Labute approximate surface area is 97.7 Å². The number of nitrogens with zero attached hydrogens (tertiary/aromatic N) is 1. The summed E-state index contributed by atoms with van der Waals surface area (Å²) < 4.78 is 5.66. The van der Waals surface area contributed by atoms with Gasteiger partial charge in [0, 0.05) is 6.20 Å². The van der Waals surface area contributed by atoms with Gasteiger partial charge in [0.25, 0.3) is 0 Å². The van der Waals surface area contributed by atoms with Crippen LogP contribution < -0.4 is 0 Å². The summed E-state index contributed by atoms with van der Waals surface area (Å²) in [5, 5.41) is 0. The molecule has 2 heteroatoms. The quantitative estimate of drug-likeness (QED) is 0.508. The molecule has 0 fully saturated rings. The first-order valence-corrected chi connectivity index (χ1v) is 5.72. The van der Waals surface area contributed by atoms with Crippen molar-refractivity contribution >= 4 is 0 Å². The highest BCUT2D eigenvalue weighted by Gasteiger charge is 2.11. The van der Waals surface area contributed by atoms with Gasteiger partial charge in [-0.25, -0.2) is 0 Å². The topological polar surface area (TPSA) is 22.1 Å². The third-order valence-electron chi connectivity index (χ3n) is 2.30. The van der Waals surface area contributed by atoms with Gasteiger partial charge in [-0.05, 0) is 31.1 Å². The minimum Gasteiger partial charge on any atom is -0.492 e.